The fraction of sp³-hybridized carbons (Fsp3) is 0. The molecule has 0 radical (unpaired) electrons. The number of aromatic hydroxyl groups is 1. The van der Waals surface area contributed by atoms with Crippen molar-refractivity contribution in [2.75, 3.05) is 0 Å². The first-order valence-corrected chi connectivity index (χ1v) is 6.29. The average molecular weight is 254 g/mol. The normalized spacial score (nSPS) is 10.4. The van der Waals surface area contributed by atoms with Crippen molar-refractivity contribution in [3.8, 4) is 27.4 Å². The van der Waals surface area contributed by atoms with E-state index in [2.05, 4.69) is 9.59 Å². The van der Waals surface area contributed by atoms with Gasteiger partial charge in [0.25, 0.3) is 0 Å². The van der Waals surface area contributed by atoms with Gasteiger partial charge in [0.1, 0.15) is 11.4 Å². The van der Waals surface area contributed by atoms with Crippen LogP contribution in [0.25, 0.3) is 21.7 Å². The molecule has 0 atom stereocenters. The maximum atomic E-state index is 9.31. The molecule has 0 aliphatic rings. The molecule has 1 heterocycles. The van der Waals surface area contributed by atoms with E-state index in [-0.39, 0.29) is 5.75 Å². The summed E-state index contributed by atoms with van der Waals surface area (Å²) >= 11 is 1.38. The highest BCUT2D eigenvalue weighted by Gasteiger charge is 2.11. The molecule has 2 aromatic carbocycles. The first kappa shape index (κ1) is 10.9. The van der Waals surface area contributed by atoms with Crippen molar-refractivity contribution in [2.24, 2.45) is 0 Å². The smallest absolute Gasteiger partial charge is 0.115 e. The van der Waals surface area contributed by atoms with E-state index in [9.17, 15) is 5.11 Å². The van der Waals surface area contributed by atoms with Gasteiger partial charge in [0.05, 0.1) is 4.88 Å². The molecule has 0 saturated heterocycles. The predicted molar refractivity (Wildman–Crippen MR) is 72.4 cm³/mol. The summed E-state index contributed by atoms with van der Waals surface area (Å²) in [7, 11) is 0. The van der Waals surface area contributed by atoms with Crippen LogP contribution in [0.5, 0.6) is 5.75 Å². The number of phenolic OH excluding ortho intramolecular Hbond substituents is 1. The predicted octanol–water partition coefficient (Wildman–Crippen LogP) is 3.58. The fourth-order valence-corrected chi connectivity index (χ4v) is 2.47. The van der Waals surface area contributed by atoms with Crippen LogP contribution in [0.4, 0.5) is 0 Å². The lowest BCUT2D eigenvalue weighted by atomic mass is 10.1. The monoisotopic (exact) mass is 254 g/mol. The Morgan fingerprint density at radius 1 is 0.833 bits per heavy atom. The lowest BCUT2D eigenvalue weighted by molar-refractivity contribution is 0.475. The largest absolute Gasteiger partial charge is 0.508 e. The average Bonchev–Trinajstić information content (AvgIpc) is 2.90. The van der Waals surface area contributed by atoms with Gasteiger partial charge in [-0.05, 0) is 41.4 Å². The maximum absolute atomic E-state index is 9.31. The van der Waals surface area contributed by atoms with Crippen LogP contribution in [0.3, 0.4) is 0 Å². The van der Waals surface area contributed by atoms with Gasteiger partial charge in [-0.25, -0.2) is 0 Å². The van der Waals surface area contributed by atoms with E-state index in [1.165, 1.54) is 11.5 Å². The Labute approximate surface area is 109 Å². The highest BCUT2D eigenvalue weighted by molar-refractivity contribution is 7.09. The van der Waals surface area contributed by atoms with Crippen LogP contribution < -0.4 is 0 Å². The van der Waals surface area contributed by atoms with Gasteiger partial charge in [-0.1, -0.05) is 34.8 Å². The molecule has 1 aromatic heterocycles. The van der Waals surface area contributed by atoms with Crippen molar-refractivity contribution in [1.29, 1.82) is 0 Å². The van der Waals surface area contributed by atoms with E-state index in [1.54, 1.807) is 12.1 Å². The lowest BCUT2D eigenvalue weighted by Crippen LogP contribution is -1.81. The number of phenols is 1. The van der Waals surface area contributed by atoms with Crippen LogP contribution >= 0.6 is 11.5 Å². The second-order valence-electron chi connectivity index (χ2n) is 3.86. The third kappa shape index (κ3) is 1.98. The van der Waals surface area contributed by atoms with E-state index in [0.29, 0.717) is 0 Å². The molecule has 0 spiro atoms. The summed E-state index contributed by atoms with van der Waals surface area (Å²) in [5.74, 6) is 0.253. The molecule has 1 N–H and O–H groups in total. The topological polar surface area (TPSA) is 46.0 Å². The maximum Gasteiger partial charge on any atom is 0.115 e. The minimum atomic E-state index is 0.253. The van der Waals surface area contributed by atoms with E-state index < -0.39 is 0 Å². The van der Waals surface area contributed by atoms with Gasteiger partial charge in [-0.15, -0.1) is 5.10 Å². The summed E-state index contributed by atoms with van der Waals surface area (Å²) in [6, 6.07) is 17.1. The van der Waals surface area contributed by atoms with Crippen LogP contribution in [0, 0.1) is 0 Å². The van der Waals surface area contributed by atoms with E-state index in [4.69, 9.17) is 0 Å². The first-order chi connectivity index (χ1) is 8.84. The van der Waals surface area contributed by atoms with Crippen LogP contribution in [0.2, 0.25) is 0 Å². The number of rotatable bonds is 2. The molecule has 4 heteroatoms. The van der Waals surface area contributed by atoms with Crippen LogP contribution in [-0.2, 0) is 0 Å². The highest BCUT2D eigenvalue weighted by atomic mass is 32.1. The molecule has 3 rings (SSSR count). The second-order valence-corrected chi connectivity index (χ2v) is 4.62. The van der Waals surface area contributed by atoms with Gasteiger partial charge in [0.15, 0.2) is 0 Å². The van der Waals surface area contributed by atoms with E-state index >= 15 is 0 Å². The van der Waals surface area contributed by atoms with Gasteiger partial charge in [-0.3, -0.25) is 0 Å². The van der Waals surface area contributed by atoms with Crippen LogP contribution in [0.15, 0.2) is 54.6 Å². The van der Waals surface area contributed by atoms with Crippen molar-refractivity contribution < 1.29 is 5.11 Å². The van der Waals surface area contributed by atoms with Gasteiger partial charge in [0.2, 0.25) is 0 Å². The van der Waals surface area contributed by atoms with Crippen molar-refractivity contribution in [1.82, 2.24) is 9.59 Å². The molecule has 0 fully saturated rings. The van der Waals surface area contributed by atoms with Crippen LogP contribution in [0.1, 0.15) is 0 Å². The zero-order valence-corrected chi connectivity index (χ0v) is 10.3. The van der Waals surface area contributed by atoms with Crippen molar-refractivity contribution in [3.63, 3.8) is 0 Å². The second kappa shape index (κ2) is 4.58. The molecular formula is C14H10N2OS. The number of hydrogen-bond donors (Lipinski definition) is 1. The molecule has 0 saturated carbocycles. The lowest BCUT2D eigenvalue weighted by Gasteiger charge is -2.01. The van der Waals surface area contributed by atoms with Gasteiger partial charge >= 0.3 is 0 Å². The number of hydrogen-bond acceptors (Lipinski definition) is 4. The minimum Gasteiger partial charge on any atom is -0.508 e. The Morgan fingerprint density at radius 2 is 1.56 bits per heavy atom. The zero-order valence-electron chi connectivity index (χ0n) is 9.45. The summed E-state index contributed by atoms with van der Waals surface area (Å²) in [5.41, 5.74) is 2.92. The molecule has 0 bridgehead atoms. The molecule has 0 amide bonds. The summed E-state index contributed by atoms with van der Waals surface area (Å²) in [4.78, 5) is 1.04. The molecule has 18 heavy (non-hydrogen) atoms. The minimum absolute atomic E-state index is 0.253. The van der Waals surface area contributed by atoms with Crippen molar-refractivity contribution in [2.45, 2.75) is 0 Å². The third-order valence-corrected chi connectivity index (χ3v) is 3.44. The quantitative estimate of drug-likeness (QED) is 0.760. The SMILES string of the molecule is Oc1ccc(-c2nnsc2-c2ccccc2)cc1. The number of benzene rings is 2. The summed E-state index contributed by atoms with van der Waals surface area (Å²) in [6.07, 6.45) is 0. The Bertz CT molecular complexity index is 647. The zero-order chi connectivity index (χ0) is 12.4. The Hall–Kier alpha value is -2.20. The van der Waals surface area contributed by atoms with Gasteiger partial charge < -0.3 is 5.11 Å². The Balaban J connectivity index is 2.10. The molecular weight excluding hydrogens is 244 g/mol. The van der Waals surface area contributed by atoms with Gasteiger partial charge in [-0.2, -0.15) is 0 Å². The molecule has 3 aromatic rings. The summed E-state index contributed by atoms with van der Waals surface area (Å²) < 4.78 is 4.03. The summed E-state index contributed by atoms with van der Waals surface area (Å²) in [5, 5.41) is 13.5. The standard InChI is InChI=1S/C14H10N2OS/c17-12-8-6-10(7-9-12)13-14(18-16-15-13)11-4-2-1-3-5-11/h1-9,17H. The molecule has 88 valence electrons. The van der Waals surface area contributed by atoms with Crippen molar-refractivity contribution >= 4 is 11.5 Å². The van der Waals surface area contributed by atoms with Crippen LogP contribution in [-0.4, -0.2) is 14.7 Å². The molecule has 0 unspecified atom stereocenters. The molecule has 0 aliphatic heterocycles. The fourth-order valence-electron chi connectivity index (χ4n) is 1.78. The van der Waals surface area contributed by atoms with E-state index in [0.717, 1.165) is 21.7 Å². The summed E-state index contributed by atoms with van der Waals surface area (Å²) in [6.45, 7) is 0. The van der Waals surface area contributed by atoms with Crippen molar-refractivity contribution in [3.05, 3.63) is 54.6 Å². The Morgan fingerprint density at radius 3 is 2.28 bits per heavy atom. The molecule has 0 aliphatic carbocycles. The molecule has 3 nitrogen and oxygen atoms in total. The number of nitrogens with zero attached hydrogens (tertiary/aromatic N) is 2. The van der Waals surface area contributed by atoms with Gasteiger partial charge in [0, 0.05) is 5.56 Å². The first-order valence-electron chi connectivity index (χ1n) is 5.52. The number of aromatic nitrogens is 2. The highest BCUT2D eigenvalue weighted by Crippen LogP contribution is 2.33. The third-order valence-electron chi connectivity index (χ3n) is 2.66. The van der Waals surface area contributed by atoms with E-state index in [1.807, 2.05) is 42.5 Å². The Kier molecular flexibility index (Phi) is 2.78.